The molecule has 0 aliphatic rings. The van der Waals surface area contributed by atoms with E-state index < -0.39 is 0 Å². The van der Waals surface area contributed by atoms with Gasteiger partial charge in [0.2, 0.25) is 5.00 Å². The maximum atomic E-state index is 6.21. The van der Waals surface area contributed by atoms with E-state index in [-0.39, 0.29) is 3.52 Å². The molecule has 0 saturated heterocycles. The molecule has 5 heteroatoms. The van der Waals surface area contributed by atoms with E-state index in [1.54, 1.807) is 22.7 Å². The quantitative estimate of drug-likeness (QED) is 0.710. The van der Waals surface area contributed by atoms with Gasteiger partial charge in [0.25, 0.3) is 0 Å². The van der Waals surface area contributed by atoms with Crippen molar-refractivity contribution in [1.29, 1.82) is 0 Å². The maximum absolute atomic E-state index is 6.21. The Bertz CT molecular complexity index is 381. The lowest BCUT2D eigenvalue weighted by molar-refractivity contribution is 0.691. The molecule has 2 aromatic heterocycles. The fraction of sp³-hybridized carbons (Fsp3) is 0.111. The summed E-state index contributed by atoms with van der Waals surface area (Å²) in [5.74, 6) is 0. The van der Waals surface area contributed by atoms with Crippen molar-refractivity contribution >= 4 is 51.2 Å². The van der Waals surface area contributed by atoms with Crippen LogP contribution in [0.2, 0.25) is 0 Å². The van der Waals surface area contributed by atoms with Crippen LogP contribution in [0.1, 0.15) is 4.88 Å². The second kappa shape index (κ2) is 4.21. The largest absolute Gasteiger partial charge is 0.224 e. The Balaban J connectivity index is 2.17. The lowest BCUT2D eigenvalue weighted by Crippen LogP contribution is -2.24. The van der Waals surface area contributed by atoms with E-state index in [9.17, 15) is 0 Å². The Kier molecular flexibility index (Phi) is 3.14. The topological polar surface area (TPSA) is 0 Å². The molecule has 0 fully saturated rings. The minimum absolute atomic E-state index is 0.113. The van der Waals surface area contributed by atoms with E-state index in [0.717, 1.165) is 5.00 Å². The Morgan fingerprint density at radius 3 is 2.36 bits per heavy atom. The van der Waals surface area contributed by atoms with Crippen LogP contribution < -0.4 is 3.52 Å². The van der Waals surface area contributed by atoms with Crippen molar-refractivity contribution in [2.75, 3.05) is 0 Å². The molecule has 2 heterocycles. The first-order valence-electron chi connectivity index (χ1n) is 4.02. The molecule has 0 unspecified atom stereocenters. The van der Waals surface area contributed by atoms with Crippen LogP contribution in [0.4, 0.5) is 5.00 Å². The van der Waals surface area contributed by atoms with Crippen molar-refractivity contribution in [1.82, 2.24) is 3.52 Å². The fourth-order valence-corrected chi connectivity index (χ4v) is 3.31. The summed E-state index contributed by atoms with van der Waals surface area (Å²) in [5, 5.41) is 4.95. The van der Waals surface area contributed by atoms with Gasteiger partial charge in [0.1, 0.15) is 0 Å². The summed E-state index contributed by atoms with van der Waals surface area (Å²) in [4.78, 5) is 1.18. The average molecular weight is 265 g/mol. The maximum Gasteiger partial charge on any atom is 0.224 e. The molecule has 0 bridgehead atoms. The van der Waals surface area contributed by atoms with Crippen LogP contribution in [-0.2, 0) is 6.54 Å². The van der Waals surface area contributed by atoms with Crippen molar-refractivity contribution in [3.63, 3.8) is 0 Å². The molecule has 0 amide bonds. The monoisotopic (exact) mass is 264 g/mol. The molecule has 0 radical (unpaired) electrons. The highest BCUT2D eigenvalue weighted by atomic mass is 35.5. The smallest absolute Gasteiger partial charge is 0.143 e. The van der Waals surface area contributed by atoms with Gasteiger partial charge in [-0.1, -0.05) is 20.9 Å². The van der Waals surface area contributed by atoms with Crippen LogP contribution in [-0.4, -0.2) is 0 Å². The highest BCUT2D eigenvalue weighted by Crippen LogP contribution is 2.36. The molecule has 0 N–H and O–H groups in total. The zero-order chi connectivity index (χ0) is 10.0. The Morgan fingerprint density at radius 2 is 1.79 bits per heavy atom. The van der Waals surface area contributed by atoms with Crippen LogP contribution in [0, 0.1) is 0 Å². The highest BCUT2D eigenvalue weighted by molar-refractivity contribution is 7.14. The van der Waals surface area contributed by atoms with Crippen LogP contribution in [0.15, 0.2) is 35.0 Å². The summed E-state index contributed by atoms with van der Waals surface area (Å²) >= 11 is 15.7. The van der Waals surface area contributed by atoms with E-state index in [1.807, 2.05) is 35.0 Å². The second-order valence-corrected chi connectivity index (χ2v) is 6.10. The summed E-state index contributed by atoms with van der Waals surface area (Å²) in [7, 11) is 0. The van der Waals surface area contributed by atoms with Crippen molar-refractivity contribution in [2.45, 2.75) is 6.54 Å². The molecular formula is C9H8Cl2NS2+. The van der Waals surface area contributed by atoms with E-state index in [2.05, 4.69) is 0 Å². The van der Waals surface area contributed by atoms with Gasteiger partial charge in [0.15, 0.2) is 30.1 Å². The Morgan fingerprint density at radius 1 is 1.07 bits per heavy atom. The minimum Gasteiger partial charge on any atom is -0.143 e. The number of halogens is 2. The number of quaternary nitrogens is 1. The van der Waals surface area contributed by atoms with Crippen LogP contribution >= 0.6 is 46.2 Å². The van der Waals surface area contributed by atoms with E-state index in [4.69, 9.17) is 23.6 Å². The predicted octanol–water partition coefficient (Wildman–Crippen LogP) is 4.62. The number of hydrogen-bond donors (Lipinski definition) is 0. The van der Waals surface area contributed by atoms with Crippen molar-refractivity contribution in [2.24, 2.45) is 0 Å². The van der Waals surface area contributed by atoms with Gasteiger partial charge in [-0.15, -0.1) is 11.3 Å². The molecule has 74 valence electrons. The van der Waals surface area contributed by atoms with E-state index >= 15 is 0 Å². The molecule has 0 atom stereocenters. The number of thiophene rings is 2. The van der Waals surface area contributed by atoms with E-state index in [1.165, 1.54) is 4.88 Å². The zero-order valence-corrected chi connectivity index (χ0v) is 10.3. The first-order valence-corrected chi connectivity index (χ1v) is 6.46. The summed E-state index contributed by atoms with van der Waals surface area (Å²) in [6.07, 6.45) is 0. The van der Waals surface area contributed by atoms with Crippen LogP contribution in [0.3, 0.4) is 0 Å². The molecule has 0 aliphatic carbocycles. The Labute approximate surface area is 101 Å². The number of rotatable bonds is 3. The molecule has 0 aromatic carbocycles. The number of hydrogen-bond acceptors (Lipinski definition) is 2. The van der Waals surface area contributed by atoms with Gasteiger partial charge in [0, 0.05) is 6.07 Å². The van der Waals surface area contributed by atoms with Gasteiger partial charge >= 0.3 is 0 Å². The molecular weight excluding hydrogens is 257 g/mol. The SMILES string of the molecule is Cl[N+](Cl)(Cc1cccs1)c1cccs1. The van der Waals surface area contributed by atoms with E-state index in [0.29, 0.717) is 6.54 Å². The van der Waals surface area contributed by atoms with Crippen molar-refractivity contribution in [3.05, 3.63) is 39.9 Å². The molecule has 0 spiro atoms. The first kappa shape index (κ1) is 10.5. The standard InChI is InChI=1S/C9H8Cl2NS2/c10-12(11,9-4-2-6-14-9)7-8-3-1-5-13-8/h1-6H,7H2/q+1. The molecule has 1 nitrogen and oxygen atoms in total. The van der Waals surface area contributed by atoms with Gasteiger partial charge in [-0.25, -0.2) is 0 Å². The molecule has 0 saturated carbocycles. The van der Waals surface area contributed by atoms with Crippen molar-refractivity contribution < 1.29 is 0 Å². The lowest BCUT2D eigenvalue weighted by Gasteiger charge is -2.15. The molecule has 14 heavy (non-hydrogen) atoms. The first-order chi connectivity index (χ1) is 6.68. The normalized spacial score (nSPS) is 11.9. The lowest BCUT2D eigenvalue weighted by atomic mass is 10.4. The minimum atomic E-state index is -0.113. The predicted molar refractivity (Wildman–Crippen MR) is 65.8 cm³/mol. The fourth-order valence-electron chi connectivity index (χ4n) is 1.13. The van der Waals surface area contributed by atoms with Crippen LogP contribution in [0.25, 0.3) is 0 Å². The Hall–Kier alpha value is -0.0600. The molecule has 2 rings (SSSR count). The summed E-state index contributed by atoms with van der Waals surface area (Å²) in [6, 6.07) is 7.93. The summed E-state index contributed by atoms with van der Waals surface area (Å²) in [6.45, 7) is 0.612. The second-order valence-electron chi connectivity index (χ2n) is 2.82. The van der Waals surface area contributed by atoms with Gasteiger partial charge in [-0.3, -0.25) is 0 Å². The van der Waals surface area contributed by atoms with Crippen molar-refractivity contribution in [3.8, 4) is 0 Å². The van der Waals surface area contributed by atoms with Gasteiger partial charge in [-0.2, -0.15) is 0 Å². The van der Waals surface area contributed by atoms with Gasteiger partial charge < -0.3 is 0 Å². The third kappa shape index (κ3) is 2.30. The van der Waals surface area contributed by atoms with Gasteiger partial charge in [-0.05, 0) is 22.9 Å². The summed E-state index contributed by atoms with van der Waals surface area (Å²) < 4.78 is -0.113. The molecule has 2 aromatic rings. The third-order valence-electron chi connectivity index (χ3n) is 1.76. The summed E-state index contributed by atoms with van der Waals surface area (Å²) in [5.41, 5.74) is 0. The zero-order valence-electron chi connectivity index (χ0n) is 7.19. The average Bonchev–Trinajstić information content (AvgIpc) is 2.71. The highest BCUT2D eigenvalue weighted by Gasteiger charge is 2.30. The van der Waals surface area contributed by atoms with Gasteiger partial charge in [0.05, 0.1) is 4.88 Å². The molecule has 0 aliphatic heterocycles. The number of nitrogens with zero attached hydrogens (tertiary/aromatic N) is 1. The van der Waals surface area contributed by atoms with Crippen LogP contribution in [0.5, 0.6) is 0 Å². The third-order valence-corrected chi connectivity index (χ3v) is 4.41.